The summed E-state index contributed by atoms with van der Waals surface area (Å²) >= 11 is 5.87. The molecule has 1 saturated carbocycles. The average Bonchev–Trinajstić information content (AvgIpc) is 2.98. The number of nitrogens with zero attached hydrogens (tertiary/aromatic N) is 5. The van der Waals surface area contributed by atoms with Crippen molar-refractivity contribution in [1.29, 1.82) is 0 Å². The Kier molecular flexibility index (Phi) is 6.50. The predicted molar refractivity (Wildman–Crippen MR) is 125 cm³/mol. The minimum atomic E-state index is -1.20. The van der Waals surface area contributed by atoms with Crippen molar-refractivity contribution in [2.75, 3.05) is 35.7 Å². The summed E-state index contributed by atoms with van der Waals surface area (Å²) in [4.78, 5) is 20.4. The van der Waals surface area contributed by atoms with Gasteiger partial charge >= 0.3 is 0 Å². The summed E-state index contributed by atoms with van der Waals surface area (Å²) in [5.41, 5.74) is 0.335. The molecule has 0 bridgehead atoms. The first kappa shape index (κ1) is 22.9. The molecule has 0 amide bonds. The van der Waals surface area contributed by atoms with Crippen LogP contribution in [0.15, 0.2) is 17.3 Å². The Bertz CT molecular complexity index is 1030. The van der Waals surface area contributed by atoms with Crippen LogP contribution in [0.2, 0.25) is 5.02 Å². The van der Waals surface area contributed by atoms with Crippen molar-refractivity contribution < 1.29 is 13.7 Å². The number of aromatic nitrogens is 4. The molecule has 178 valence electrons. The van der Waals surface area contributed by atoms with Crippen LogP contribution in [0.1, 0.15) is 56.0 Å². The van der Waals surface area contributed by atoms with Crippen molar-refractivity contribution >= 4 is 34.2 Å². The van der Waals surface area contributed by atoms with Crippen LogP contribution in [-0.4, -0.2) is 66.4 Å². The Morgan fingerprint density at radius 2 is 2.03 bits per heavy atom. The highest BCUT2D eigenvalue weighted by Gasteiger charge is 2.39. The lowest BCUT2D eigenvalue weighted by Gasteiger charge is -2.42. The highest BCUT2D eigenvalue weighted by atomic mass is 35.5. The molecule has 2 aromatic heterocycles. The number of aliphatic hydroxyl groups excluding tert-OH is 1. The summed E-state index contributed by atoms with van der Waals surface area (Å²) < 4.78 is 28.2. The van der Waals surface area contributed by atoms with Crippen molar-refractivity contribution in [3.05, 3.63) is 28.9 Å². The summed E-state index contributed by atoms with van der Waals surface area (Å²) in [6.07, 6.45) is 7.52. The van der Waals surface area contributed by atoms with Crippen LogP contribution in [0.4, 0.5) is 16.2 Å². The maximum atomic E-state index is 15.2. The molecule has 4 heterocycles. The van der Waals surface area contributed by atoms with Crippen LogP contribution in [-0.2, 0) is 17.2 Å². The molecule has 0 radical (unpaired) electrons. The van der Waals surface area contributed by atoms with Crippen molar-refractivity contribution in [2.45, 2.75) is 67.5 Å². The molecule has 3 unspecified atom stereocenters. The zero-order valence-corrected chi connectivity index (χ0v) is 19.9. The third-order valence-electron chi connectivity index (χ3n) is 6.94. The normalized spacial score (nSPS) is 26.8. The van der Waals surface area contributed by atoms with Gasteiger partial charge in [0.2, 0.25) is 5.95 Å². The van der Waals surface area contributed by atoms with E-state index in [1.165, 1.54) is 12.4 Å². The minimum Gasteiger partial charge on any atom is -0.394 e. The molecule has 33 heavy (non-hydrogen) atoms. The van der Waals surface area contributed by atoms with E-state index in [1.54, 1.807) is 0 Å². The van der Waals surface area contributed by atoms with Crippen LogP contribution < -0.4 is 10.2 Å². The van der Waals surface area contributed by atoms with Crippen molar-refractivity contribution in [3.8, 4) is 0 Å². The highest BCUT2D eigenvalue weighted by Crippen LogP contribution is 2.38. The monoisotopic (exact) mass is 494 g/mol. The predicted octanol–water partition coefficient (Wildman–Crippen LogP) is 3.02. The minimum absolute atomic E-state index is 0.00716. The lowest BCUT2D eigenvalue weighted by Crippen LogP contribution is -2.49. The second-order valence-corrected chi connectivity index (χ2v) is 11.1. The molecule has 5 rings (SSSR count). The Morgan fingerprint density at radius 3 is 2.70 bits per heavy atom. The third-order valence-corrected chi connectivity index (χ3v) is 8.68. The first-order valence-corrected chi connectivity index (χ1v) is 13.2. The molecule has 2 N–H and O–H groups in total. The number of nitrogens with one attached hydrogen (secondary N) is 1. The van der Waals surface area contributed by atoms with Gasteiger partial charge in [0.05, 0.1) is 46.1 Å². The van der Waals surface area contributed by atoms with Gasteiger partial charge in [-0.1, -0.05) is 11.6 Å². The molecule has 3 aliphatic rings. The molecular weight excluding hydrogens is 467 g/mol. The zero-order valence-electron chi connectivity index (χ0n) is 18.3. The fourth-order valence-electron chi connectivity index (χ4n) is 4.81. The number of alkyl halides is 1. The zero-order chi connectivity index (χ0) is 23.0. The Labute approximate surface area is 199 Å². The van der Waals surface area contributed by atoms with Crippen LogP contribution in [0.25, 0.3) is 0 Å². The lowest BCUT2D eigenvalue weighted by molar-refractivity contribution is 0.143. The molecule has 2 aliphatic heterocycles. The molecule has 3 atom stereocenters. The maximum Gasteiger partial charge on any atom is 0.227 e. The molecule has 8 nitrogen and oxygen atoms in total. The molecule has 11 heteroatoms. The van der Waals surface area contributed by atoms with Gasteiger partial charge in [0.1, 0.15) is 22.7 Å². The van der Waals surface area contributed by atoms with Crippen molar-refractivity contribution in [1.82, 2.24) is 19.9 Å². The number of hydrogen-bond donors (Lipinski definition) is 2. The SMILES string of the molecule is O=S1CCCCc2nc(N3CCC(c4ncc(Cl)cn4)C(F)C3)nc(NC3(CO)CCC3)c21. The van der Waals surface area contributed by atoms with Gasteiger partial charge in [-0.25, -0.2) is 19.3 Å². The van der Waals surface area contributed by atoms with Crippen molar-refractivity contribution in [3.63, 3.8) is 0 Å². The van der Waals surface area contributed by atoms with Crippen LogP contribution in [0.5, 0.6) is 0 Å². The smallest absolute Gasteiger partial charge is 0.227 e. The van der Waals surface area contributed by atoms with Crippen LogP contribution in [0, 0.1) is 0 Å². The van der Waals surface area contributed by atoms with E-state index in [0.29, 0.717) is 52.6 Å². The standard InChI is InChI=1S/C22H28ClFN6O2S/c23-14-10-25-19(26-11-14)15-5-8-30(12-16(15)24)21-27-17-4-1-2-9-33(32)18(17)20(28-21)29-22(13-31)6-3-7-22/h10-11,15-16,31H,1-9,12-13H2,(H,27,28,29). The third kappa shape index (κ3) is 4.57. The molecule has 0 spiro atoms. The first-order chi connectivity index (χ1) is 16.0. The highest BCUT2D eigenvalue weighted by molar-refractivity contribution is 7.85. The van der Waals surface area contributed by atoms with Gasteiger partial charge in [-0.15, -0.1) is 0 Å². The lowest BCUT2D eigenvalue weighted by atomic mass is 9.77. The topological polar surface area (TPSA) is 104 Å². The molecule has 1 saturated heterocycles. The number of hydrogen-bond acceptors (Lipinski definition) is 8. The van der Waals surface area contributed by atoms with Gasteiger partial charge in [0.25, 0.3) is 0 Å². The Balaban J connectivity index is 1.43. The van der Waals surface area contributed by atoms with E-state index in [-0.39, 0.29) is 13.2 Å². The molecule has 2 aromatic rings. The van der Waals surface area contributed by atoms with E-state index in [2.05, 4.69) is 15.3 Å². The fraction of sp³-hybridized carbons (Fsp3) is 0.636. The van der Waals surface area contributed by atoms with Gasteiger partial charge < -0.3 is 15.3 Å². The molecule has 2 fully saturated rings. The maximum absolute atomic E-state index is 15.2. The number of fused-ring (bicyclic) bond motifs is 1. The fourth-order valence-corrected chi connectivity index (χ4v) is 6.31. The van der Waals surface area contributed by atoms with E-state index >= 15 is 4.39 Å². The summed E-state index contributed by atoms with van der Waals surface area (Å²) in [5, 5.41) is 13.8. The van der Waals surface area contributed by atoms with Gasteiger partial charge in [-0.2, -0.15) is 4.98 Å². The Hall–Kier alpha value is -1.91. The second-order valence-electron chi connectivity index (χ2n) is 9.19. The Morgan fingerprint density at radius 1 is 1.24 bits per heavy atom. The number of aliphatic hydroxyl groups is 1. The van der Waals surface area contributed by atoms with Gasteiger partial charge in [-0.3, -0.25) is 4.21 Å². The van der Waals surface area contributed by atoms with E-state index in [0.717, 1.165) is 37.8 Å². The number of piperidine rings is 1. The average molecular weight is 495 g/mol. The molecule has 1 aliphatic carbocycles. The summed E-state index contributed by atoms with van der Waals surface area (Å²) in [6.45, 7) is 0.680. The van der Waals surface area contributed by atoms with Crippen LogP contribution >= 0.6 is 11.6 Å². The second kappa shape index (κ2) is 9.38. The molecule has 0 aromatic carbocycles. The van der Waals surface area contributed by atoms with E-state index < -0.39 is 28.4 Å². The molecular formula is C22H28ClFN6O2S. The van der Waals surface area contributed by atoms with Crippen LogP contribution in [0.3, 0.4) is 0 Å². The number of aryl methyl sites for hydroxylation is 1. The van der Waals surface area contributed by atoms with E-state index in [9.17, 15) is 9.32 Å². The summed E-state index contributed by atoms with van der Waals surface area (Å²) in [6, 6.07) is 0. The summed E-state index contributed by atoms with van der Waals surface area (Å²) in [5.74, 6) is 1.61. The van der Waals surface area contributed by atoms with E-state index in [1.807, 2.05) is 4.90 Å². The largest absolute Gasteiger partial charge is 0.394 e. The summed E-state index contributed by atoms with van der Waals surface area (Å²) in [7, 11) is -1.20. The van der Waals surface area contributed by atoms with Gasteiger partial charge in [0, 0.05) is 24.7 Å². The van der Waals surface area contributed by atoms with Gasteiger partial charge in [-0.05, 0) is 44.9 Å². The van der Waals surface area contributed by atoms with Gasteiger partial charge in [0.15, 0.2) is 0 Å². The quantitative estimate of drug-likeness (QED) is 0.653. The number of halogens is 2. The number of anilines is 2. The number of rotatable bonds is 5. The van der Waals surface area contributed by atoms with Crippen molar-refractivity contribution in [2.24, 2.45) is 0 Å². The van der Waals surface area contributed by atoms with E-state index in [4.69, 9.17) is 21.6 Å². The first-order valence-electron chi connectivity index (χ1n) is 11.5.